The van der Waals surface area contributed by atoms with Gasteiger partial charge in [-0.25, -0.2) is 4.79 Å². The second-order valence-electron chi connectivity index (χ2n) is 2.81. The largest absolute Gasteiger partial charge is 0.478 e. The summed E-state index contributed by atoms with van der Waals surface area (Å²) in [6.45, 7) is 5.02. The van der Waals surface area contributed by atoms with Gasteiger partial charge in [-0.2, -0.15) is 0 Å². The van der Waals surface area contributed by atoms with Gasteiger partial charge in [0.25, 0.3) is 0 Å². The number of carbonyl (C=O) groups is 2. The molecule has 0 aliphatic heterocycles. The molecule has 0 saturated carbocycles. The molecule has 0 aromatic heterocycles. The quantitative estimate of drug-likeness (QED) is 0.616. The van der Waals surface area contributed by atoms with Crippen LogP contribution in [0.15, 0.2) is 11.8 Å². The summed E-state index contributed by atoms with van der Waals surface area (Å²) in [5.41, 5.74) is 0.348. The summed E-state index contributed by atoms with van der Waals surface area (Å²) in [5, 5.41) is 10.8. The fourth-order valence-electron chi connectivity index (χ4n) is 0.560. The summed E-state index contributed by atoms with van der Waals surface area (Å²) in [4.78, 5) is 21.1. The van der Waals surface area contributed by atoms with Gasteiger partial charge in [-0.3, -0.25) is 4.79 Å². The zero-order chi connectivity index (χ0) is 9.72. The molecule has 0 spiro atoms. The minimum Gasteiger partial charge on any atom is -0.478 e. The summed E-state index contributed by atoms with van der Waals surface area (Å²) in [5.74, 6) is -1.37. The molecule has 0 atom stereocenters. The normalized spacial score (nSPS) is 11.5. The second kappa shape index (κ2) is 4.54. The van der Waals surface area contributed by atoms with Gasteiger partial charge in [-0.05, 0) is 6.92 Å². The van der Waals surface area contributed by atoms with Crippen molar-refractivity contribution in [1.82, 2.24) is 5.32 Å². The number of carbonyl (C=O) groups excluding carboxylic acids is 1. The summed E-state index contributed by atoms with van der Waals surface area (Å²) < 4.78 is 0. The lowest BCUT2D eigenvalue weighted by Gasteiger charge is -2.06. The van der Waals surface area contributed by atoms with Crippen LogP contribution in [0.25, 0.3) is 0 Å². The van der Waals surface area contributed by atoms with Crippen LogP contribution < -0.4 is 5.32 Å². The van der Waals surface area contributed by atoms with Crippen LogP contribution in [0, 0.1) is 5.92 Å². The molecule has 0 aliphatic carbocycles. The predicted molar refractivity (Wildman–Crippen MR) is 44.4 cm³/mol. The Kier molecular flexibility index (Phi) is 4.04. The van der Waals surface area contributed by atoms with Gasteiger partial charge in [-0.1, -0.05) is 13.8 Å². The molecule has 12 heavy (non-hydrogen) atoms. The minimum absolute atomic E-state index is 0.137. The highest BCUT2D eigenvalue weighted by molar-refractivity contribution is 5.84. The second-order valence-corrected chi connectivity index (χ2v) is 2.81. The number of hydrogen-bond acceptors (Lipinski definition) is 2. The molecule has 0 aromatic rings. The van der Waals surface area contributed by atoms with Gasteiger partial charge in [0.15, 0.2) is 0 Å². The third-order valence-electron chi connectivity index (χ3n) is 1.18. The van der Waals surface area contributed by atoms with Gasteiger partial charge in [-0.15, -0.1) is 0 Å². The minimum atomic E-state index is -1.06. The van der Waals surface area contributed by atoms with E-state index in [1.54, 1.807) is 13.8 Å². The zero-order valence-corrected chi connectivity index (χ0v) is 7.42. The van der Waals surface area contributed by atoms with Gasteiger partial charge in [0, 0.05) is 17.7 Å². The van der Waals surface area contributed by atoms with E-state index in [0.29, 0.717) is 5.70 Å². The monoisotopic (exact) mass is 171 g/mol. The number of hydrogen-bond donors (Lipinski definition) is 2. The molecule has 0 heterocycles. The molecule has 0 radical (unpaired) electrons. The molecule has 0 bridgehead atoms. The summed E-state index contributed by atoms with van der Waals surface area (Å²) in [6, 6.07) is 0. The Morgan fingerprint density at radius 1 is 1.42 bits per heavy atom. The lowest BCUT2D eigenvalue weighted by molar-refractivity contribution is -0.131. The topological polar surface area (TPSA) is 66.4 Å². The van der Waals surface area contributed by atoms with E-state index in [1.807, 2.05) is 0 Å². The lowest BCUT2D eigenvalue weighted by Crippen LogP contribution is -2.26. The van der Waals surface area contributed by atoms with E-state index in [-0.39, 0.29) is 11.8 Å². The lowest BCUT2D eigenvalue weighted by atomic mass is 10.2. The van der Waals surface area contributed by atoms with E-state index < -0.39 is 5.97 Å². The third kappa shape index (κ3) is 4.49. The van der Waals surface area contributed by atoms with Crippen LogP contribution >= 0.6 is 0 Å². The van der Waals surface area contributed by atoms with Crippen LogP contribution in [-0.2, 0) is 9.59 Å². The number of aliphatic carboxylic acids is 1. The Balaban J connectivity index is 4.09. The van der Waals surface area contributed by atoms with E-state index in [9.17, 15) is 9.59 Å². The third-order valence-corrected chi connectivity index (χ3v) is 1.18. The van der Waals surface area contributed by atoms with E-state index >= 15 is 0 Å². The highest BCUT2D eigenvalue weighted by atomic mass is 16.4. The van der Waals surface area contributed by atoms with Crippen molar-refractivity contribution < 1.29 is 14.7 Å². The number of carboxylic acid groups (broad SMARTS) is 1. The van der Waals surface area contributed by atoms with Gasteiger partial charge in [0.2, 0.25) is 5.91 Å². The number of rotatable bonds is 3. The van der Waals surface area contributed by atoms with E-state index in [4.69, 9.17) is 5.11 Å². The maximum atomic E-state index is 11.0. The maximum Gasteiger partial charge on any atom is 0.330 e. The molecule has 4 heteroatoms. The summed E-state index contributed by atoms with van der Waals surface area (Å²) in [6.07, 6.45) is 0.959. The first-order valence-electron chi connectivity index (χ1n) is 3.65. The van der Waals surface area contributed by atoms with Crippen molar-refractivity contribution >= 4 is 11.9 Å². The molecule has 0 fully saturated rings. The van der Waals surface area contributed by atoms with Crippen LogP contribution in [0.2, 0.25) is 0 Å². The maximum absolute atomic E-state index is 11.0. The average molecular weight is 171 g/mol. The fraction of sp³-hybridized carbons (Fsp3) is 0.500. The predicted octanol–water partition coefficient (Wildman–Crippen LogP) is 0.747. The number of nitrogens with one attached hydrogen (secondary N) is 1. The van der Waals surface area contributed by atoms with E-state index in [1.165, 1.54) is 6.92 Å². The van der Waals surface area contributed by atoms with Crippen molar-refractivity contribution in [3.05, 3.63) is 11.8 Å². The number of carboxylic acids is 1. The number of allylic oxidation sites excluding steroid dienone is 1. The van der Waals surface area contributed by atoms with Crippen LogP contribution in [0.4, 0.5) is 0 Å². The number of amides is 1. The average Bonchev–Trinajstić information content (AvgIpc) is 1.84. The first kappa shape index (κ1) is 10.7. The molecule has 68 valence electrons. The van der Waals surface area contributed by atoms with Crippen LogP contribution in [-0.4, -0.2) is 17.0 Å². The Morgan fingerprint density at radius 2 is 1.92 bits per heavy atom. The molecule has 0 aliphatic rings. The fourth-order valence-corrected chi connectivity index (χ4v) is 0.560. The summed E-state index contributed by atoms with van der Waals surface area (Å²) >= 11 is 0. The molecule has 0 unspecified atom stereocenters. The smallest absolute Gasteiger partial charge is 0.330 e. The molecule has 0 aromatic carbocycles. The first-order chi connectivity index (χ1) is 5.43. The van der Waals surface area contributed by atoms with Crippen molar-refractivity contribution in [2.45, 2.75) is 20.8 Å². The van der Waals surface area contributed by atoms with Crippen molar-refractivity contribution in [3.63, 3.8) is 0 Å². The first-order valence-corrected chi connectivity index (χ1v) is 3.65. The Labute approximate surface area is 71.3 Å². The molecule has 0 saturated heterocycles. The van der Waals surface area contributed by atoms with Crippen LogP contribution in [0.5, 0.6) is 0 Å². The van der Waals surface area contributed by atoms with E-state index in [0.717, 1.165) is 6.08 Å². The Morgan fingerprint density at radius 3 is 2.25 bits per heavy atom. The Hall–Kier alpha value is -1.32. The van der Waals surface area contributed by atoms with Crippen molar-refractivity contribution in [2.24, 2.45) is 5.92 Å². The zero-order valence-electron chi connectivity index (χ0n) is 7.42. The van der Waals surface area contributed by atoms with Crippen LogP contribution in [0.1, 0.15) is 20.8 Å². The molecule has 2 N–H and O–H groups in total. The van der Waals surface area contributed by atoms with Crippen molar-refractivity contribution in [2.75, 3.05) is 0 Å². The van der Waals surface area contributed by atoms with Crippen molar-refractivity contribution in [1.29, 1.82) is 0 Å². The van der Waals surface area contributed by atoms with Gasteiger partial charge in [0.1, 0.15) is 0 Å². The molecule has 4 nitrogen and oxygen atoms in total. The molecular formula is C8H13NO3. The summed E-state index contributed by atoms with van der Waals surface area (Å²) in [7, 11) is 0. The Bertz CT molecular complexity index is 218. The molecular weight excluding hydrogens is 158 g/mol. The molecule has 1 amide bonds. The van der Waals surface area contributed by atoms with Crippen LogP contribution in [0.3, 0.4) is 0 Å². The highest BCUT2D eigenvalue weighted by Gasteiger charge is 2.06. The van der Waals surface area contributed by atoms with Gasteiger partial charge >= 0.3 is 5.97 Å². The van der Waals surface area contributed by atoms with Crippen molar-refractivity contribution in [3.8, 4) is 0 Å². The highest BCUT2D eigenvalue weighted by Crippen LogP contribution is 1.94. The standard InChI is InChI=1S/C8H13NO3/c1-5(2)8(12)9-6(3)4-7(10)11/h4-5H,1-3H3,(H,9,12)(H,10,11)/b6-4+. The van der Waals surface area contributed by atoms with Gasteiger partial charge < -0.3 is 10.4 Å². The van der Waals surface area contributed by atoms with Gasteiger partial charge in [0.05, 0.1) is 0 Å². The molecule has 0 rings (SSSR count). The van der Waals surface area contributed by atoms with E-state index in [2.05, 4.69) is 5.32 Å². The SMILES string of the molecule is C/C(=C\C(=O)O)NC(=O)C(C)C.